The van der Waals surface area contributed by atoms with Crippen molar-refractivity contribution in [2.45, 2.75) is 18.9 Å². The van der Waals surface area contributed by atoms with Gasteiger partial charge in [-0.15, -0.1) is 11.6 Å². The number of hydrogen-bond acceptors (Lipinski definition) is 2. The Morgan fingerprint density at radius 2 is 2.06 bits per heavy atom. The highest BCUT2D eigenvalue weighted by Crippen LogP contribution is 2.23. The maximum Gasteiger partial charge on any atom is 0.220 e. The number of alkyl halides is 1. The summed E-state index contributed by atoms with van der Waals surface area (Å²) in [4.78, 5) is 22.4. The van der Waals surface area contributed by atoms with E-state index in [0.717, 1.165) is 12.0 Å². The fourth-order valence-electron chi connectivity index (χ4n) is 1.84. The first-order valence-corrected chi connectivity index (χ1v) is 5.72. The molecule has 1 aliphatic heterocycles. The highest BCUT2D eigenvalue weighted by molar-refractivity contribution is 6.30. The molecule has 0 spiro atoms. The number of nitrogens with one attached hydrogen (secondary N) is 1. The number of halogens is 1. The summed E-state index contributed by atoms with van der Waals surface area (Å²) in [5.74, 6) is 0.00839. The van der Waals surface area contributed by atoms with E-state index in [1.807, 2.05) is 12.1 Å². The van der Waals surface area contributed by atoms with E-state index in [4.69, 9.17) is 11.6 Å². The molecule has 16 heavy (non-hydrogen) atoms. The third-order valence-electron chi connectivity index (χ3n) is 2.75. The summed E-state index contributed by atoms with van der Waals surface area (Å²) in [6, 6.07) is 7.34. The van der Waals surface area contributed by atoms with Gasteiger partial charge in [-0.1, -0.05) is 24.3 Å². The molecule has 2 rings (SSSR count). The molecule has 84 valence electrons. The number of benzene rings is 1. The Morgan fingerprint density at radius 1 is 1.38 bits per heavy atom. The van der Waals surface area contributed by atoms with E-state index >= 15 is 0 Å². The quantitative estimate of drug-likeness (QED) is 0.646. The molecule has 1 atom stereocenters. The van der Waals surface area contributed by atoms with Crippen LogP contribution in [0.3, 0.4) is 0 Å². The lowest BCUT2D eigenvalue weighted by atomic mass is 10.0. The molecular weight excluding hydrogens is 226 g/mol. The average Bonchev–Trinajstić information content (AvgIpc) is 2.75. The lowest BCUT2D eigenvalue weighted by Crippen LogP contribution is -2.18. The molecule has 1 aliphatic rings. The minimum absolute atomic E-state index is 0.000485. The lowest BCUT2D eigenvalue weighted by molar-refractivity contribution is -0.119. The third kappa shape index (κ3) is 2.25. The monoisotopic (exact) mass is 237 g/mol. The number of carbonyl (C=O) groups is 2. The summed E-state index contributed by atoms with van der Waals surface area (Å²) >= 11 is 5.47. The molecule has 1 fully saturated rings. The van der Waals surface area contributed by atoms with Gasteiger partial charge in [-0.2, -0.15) is 0 Å². The lowest BCUT2D eigenvalue weighted by Gasteiger charge is -2.10. The van der Waals surface area contributed by atoms with Crippen molar-refractivity contribution >= 4 is 23.3 Å². The number of carbonyl (C=O) groups excluding carboxylic acids is 2. The van der Waals surface area contributed by atoms with Crippen molar-refractivity contribution in [3.05, 3.63) is 35.4 Å². The standard InChI is InChI=1S/C12H12ClNO2/c13-7-11(15)9-3-1-8(2-4-9)10-5-6-12(16)14-10/h1-4,10H,5-7H2,(H,14,16). The van der Waals surface area contributed by atoms with Crippen LogP contribution in [0, 0.1) is 0 Å². The van der Waals surface area contributed by atoms with Crippen LogP contribution in [0.1, 0.15) is 34.8 Å². The number of amides is 1. The SMILES string of the molecule is O=C1CCC(c2ccc(C(=O)CCl)cc2)N1. The summed E-state index contributed by atoms with van der Waals surface area (Å²) in [5.41, 5.74) is 1.65. The van der Waals surface area contributed by atoms with E-state index in [-0.39, 0.29) is 23.6 Å². The minimum atomic E-state index is -0.0799. The van der Waals surface area contributed by atoms with Gasteiger partial charge in [-0.05, 0) is 12.0 Å². The average molecular weight is 238 g/mol. The molecule has 1 amide bonds. The van der Waals surface area contributed by atoms with E-state index in [9.17, 15) is 9.59 Å². The van der Waals surface area contributed by atoms with Crippen LogP contribution in [0.15, 0.2) is 24.3 Å². The first-order chi connectivity index (χ1) is 7.70. The molecule has 1 heterocycles. The Kier molecular flexibility index (Phi) is 3.25. The fraction of sp³-hybridized carbons (Fsp3) is 0.333. The zero-order valence-corrected chi connectivity index (χ0v) is 9.46. The van der Waals surface area contributed by atoms with Crippen LogP contribution < -0.4 is 5.32 Å². The zero-order chi connectivity index (χ0) is 11.5. The van der Waals surface area contributed by atoms with Crippen LogP contribution in [0.4, 0.5) is 0 Å². The molecule has 1 unspecified atom stereocenters. The minimum Gasteiger partial charge on any atom is -0.349 e. The van der Waals surface area contributed by atoms with Gasteiger partial charge in [0.25, 0.3) is 0 Å². The van der Waals surface area contributed by atoms with Crippen LogP contribution in [0.25, 0.3) is 0 Å². The Hall–Kier alpha value is -1.35. The molecule has 1 N–H and O–H groups in total. The largest absolute Gasteiger partial charge is 0.349 e. The second-order valence-corrected chi connectivity index (χ2v) is 4.10. The Bertz CT molecular complexity index is 414. The van der Waals surface area contributed by atoms with Gasteiger partial charge < -0.3 is 5.32 Å². The fourth-order valence-corrected chi connectivity index (χ4v) is 2.00. The Morgan fingerprint density at radius 3 is 2.56 bits per heavy atom. The molecule has 4 heteroatoms. The summed E-state index contributed by atoms with van der Waals surface area (Å²) in [5, 5.41) is 2.88. The van der Waals surface area contributed by atoms with E-state index in [2.05, 4.69) is 5.32 Å². The number of Topliss-reactive ketones (excluding diaryl/α,β-unsaturated/α-hetero) is 1. The van der Waals surface area contributed by atoms with Crippen molar-refractivity contribution in [3.8, 4) is 0 Å². The summed E-state index contributed by atoms with van der Waals surface area (Å²) in [7, 11) is 0. The molecule has 0 aliphatic carbocycles. The maximum absolute atomic E-state index is 11.3. The van der Waals surface area contributed by atoms with Gasteiger partial charge in [0.2, 0.25) is 5.91 Å². The Balaban J connectivity index is 2.13. The molecule has 0 radical (unpaired) electrons. The van der Waals surface area contributed by atoms with Crippen molar-refractivity contribution in [1.82, 2.24) is 5.32 Å². The third-order valence-corrected chi connectivity index (χ3v) is 2.99. The van der Waals surface area contributed by atoms with Gasteiger partial charge in [0.15, 0.2) is 5.78 Å². The van der Waals surface area contributed by atoms with Gasteiger partial charge in [0.05, 0.1) is 11.9 Å². The first kappa shape index (κ1) is 11.1. The number of rotatable bonds is 3. The predicted octanol–water partition coefficient (Wildman–Crippen LogP) is 2.06. The van der Waals surface area contributed by atoms with Crippen LogP contribution in [-0.4, -0.2) is 17.6 Å². The molecule has 0 saturated carbocycles. The molecule has 3 nitrogen and oxygen atoms in total. The van der Waals surface area contributed by atoms with Gasteiger partial charge in [0.1, 0.15) is 0 Å². The number of hydrogen-bond donors (Lipinski definition) is 1. The van der Waals surface area contributed by atoms with Crippen LogP contribution in [0.5, 0.6) is 0 Å². The summed E-state index contributed by atoms with van der Waals surface area (Å²) in [6.45, 7) is 0. The first-order valence-electron chi connectivity index (χ1n) is 5.19. The highest BCUT2D eigenvalue weighted by Gasteiger charge is 2.22. The van der Waals surface area contributed by atoms with Gasteiger partial charge in [0, 0.05) is 12.0 Å². The smallest absolute Gasteiger partial charge is 0.220 e. The summed E-state index contributed by atoms with van der Waals surface area (Å²) < 4.78 is 0. The zero-order valence-electron chi connectivity index (χ0n) is 8.70. The van der Waals surface area contributed by atoms with Crippen LogP contribution >= 0.6 is 11.6 Å². The topological polar surface area (TPSA) is 46.2 Å². The van der Waals surface area contributed by atoms with E-state index < -0.39 is 0 Å². The van der Waals surface area contributed by atoms with Gasteiger partial charge in [-0.25, -0.2) is 0 Å². The van der Waals surface area contributed by atoms with Crippen molar-refractivity contribution in [3.63, 3.8) is 0 Å². The molecular formula is C12H12ClNO2. The van der Waals surface area contributed by atoms with Crippen LogP contribution in [-0.2, 0) is 4.79 Å². The second-order valence-electron chi connectivity index (χ2n) is 3.84. The second kappa shape index (κ2) is 4.66. The molecule has 0 bridgehead atoms. The molecule has 1 saturated heterocycles. The molecule has 1 aromatic rings. The van der Waals surface area contributed by atoms with Crippen molar-refractivity contribution in [2.75, 3.05) is 5.88 Å². The van der Waals surface area contributed by atoms with Gasteiger partial charge in [-0.3, -0.25) is 9.59 Å². The Labute approximate surface area is 98.8 Å². The van der Waals surface area contributed by atoms with E-state index in [1.165, 1.54) is 0 Å². The van der Waals surface area contributed by atoms with Crippen molar-refractivity contribution < 1.29 is 9.59 Å². The molecule has 1 aromatic carbocycles. The van der Waals surface area contributed by atoms with Gasteiger partial charge >= 0.3 is 0 Å². The van der Waals surface area contributed by atoms with E-state index in [1.54, 1.807) is 12.1 Å². The van der Waals surface area contributed by atoms with Crippen LogP contribution in [0.2, 0.25) is 0 Å². The predicted molar refractivity (Wildman–Crippen MR) is 61.6 cm³/mol. The maximum atomic E-state index is 11.3. The van der Waals surface area contributed by atoms with Crippen molar-refractivity contribution in [2.24, 2.45) is 0 Å². The summed E-state index contributed by atoms with van der Waals surface area (Å²) in [6.07, 6.45) is 1.40. The van der Waals surface area contributed by atoms with E-state index in [0.29, 0.717) is 12.0 Å². The number of ketones is 1. The highest BCUT2D eigenvalue weighted by atomic mass is 35.5. The van der Waals surface area contributed by atoms with Crippen molar-refractivity contribution in [1.29, 1.82) is 0 Å². The molecule has 0 aromatic heterocycles. The normalized spacial score (nSPS) is 19.6.